The quantitative estimate of drug-likeness (QED) is 0.305. The van der Waals surface area contributed by atoms with Crippen LogP contribution >= 0.6 is 0 Å². The zero-order chi connectivity index (χ0) is 27.4. The van der Waals surface area contributed by atoms with Gasteiger partial charge in [-0.05, 0) is 53.6 Å². The number of ether oxygens (including phenoxy) is 2. The first kappa shape index (κ1) is 27.9. The van der Waals surface area contributed by atoms with Crippen LogP contribution in [-0.2, 0) is 19.7 Å². The second-order valence-corrected chi connectivity index (χ2v) is 11.1. The van der Waals surface area contributed by atoms with Crippen LogP contribution in [0, 0.1) is 6.92 Å². The van der Waals surface area contributed by atoms with Crippen molar-refractivity contribution in [3.05, 3.63) is 70.3 Å². The van der Waals surface area contributed by atoms with E-state index in [4.69, 9.17) is 9.47 Å². The molecule has 0 radical (unpaired) electrons. The number of hydrogen-bond donors (Lipinski definition) is 1. The Kier molecular flexibility index (Phi) is 8.58. The first-order valence-electron chi connectivity index (χ1n) is 13.5. The molecule has 2 aliphatic heterocycles. The van der Waals surface area contributed by atoms with E-state index < -0.39 is 17.7 Å². The largest absolute Gasteiger partial charge is 0.507 e. The van der Waals surface area contributed by atoms with Gasteiger partial charge in [-0.25, -0.2) is 0 Å². The number of carbonyl (C=O) groups is 2. The number of morpholine rings is 1. The Bertz CT molecular complexity index is 1190. The summed E-state index contributed by atoms with van der Waals surface area (Å²) in [6, 6.07) is 12.8. The Morgan fingerprint density at radius 2 is 1.74 bits per heavy atom. The van der Waals surface area contributed by atoms with Gasteiger partial charge in [0.05, 0.1) is 31.4 Å². The van der Waals surface area contributed by atoms with Crippen LogP contribution in [0.3, 0.4) is 0 Å². The SMILES string of the molecule is CCCOc1ccc(C(O)=C2C(=O)C(=O)N(CCN3CCOCC3)[C@@H]2c2ccc(C(C)(C)C)cc2)c(C)c1. The molecule has 1 amide bonds. The standard InChI is InChI=1S/C31H40N2O5/c1-6-17-38-24-11-12-25(21(2)20-24)28(34)26-27(22-7-9-23(10-8-22)31(3,4)5)33(30(36)29(26)35)14-13-32-15-18-37-19-16-32/h7-12,20,27,34H,6,13-19H2,1-5H3/t27-/m1/s1. The molecule has 0 aliphatic carbocycles. The fourth-order valence-corrected chi connectivity index (χ4v) is 5.05. The van der Waals surface area contributed by atoms with Gasteiger partial charge >= 0.3 is 0 Å². The number of hydrogen-bond acceptors (Lipinski definition) is 6. The molecule has 38 heavy (non-hydrogen) atoms. The molecule has 2 aromatic carbocycles. The Hall–Kier alpha value is -3.16. The summed E-state index contributed by atoms with van der Waals surface area (Å²) in [4.78, 5) is 30.7. The van der Waals surface area contributed by atoms with Crippen LogP contribution in [0.5, 0.6) is 5.75 Å². The molecular formula is C31H40N2O5. The number of rotatable bonds is 8. The predicted octanol–water partition coefficient (Wildman–Crippen LogP) is 4.84. The smallest absolute Gasteiger partial charge is 0.295 e. The summed E-state index contributed by atoms with van der Waals surface area (Å²) in [5.74, 6) is -0.673. The number of aliphatic hydroxyl groups excluding tert-OH is 1. The number of likely N-dealkylation sites (tertiary alicyclic amines) is 1. The van der Waals surface area contributed by atoms with E-state index in [1.165, 1.54) is 0 Å². The normalized spacial score (nSPS) is 20.2. The first-order valence-corrected chi connectivity index (χ1v) is 13.5. The highest BCUT2D eigenvalue weighted by molar-refractivity contribution is 6.46. The van der Waals surface area contributed by atoms with Crippen molar-refractivity contribution in [1.29, 1.82) is 0 Å². The molecule has 7 nitrogen and oxygen atoms in total. The van der Waals surface area contributed by atoms with Crippen LogP contribution in [0.4, 0.5) is 0 Å². The van der Waals surface area contributed by atoms with Crippen molar-refractivity contribution in [1.82, 2.24) is 9.80 Å². The number of carbonyl (C=O) groups excluding carboxylic acids is 2. The molecule has 0 aromatic heterocycles. The number of aliphatic hydroxyl groups is 1. The van der Waals surface area contributed by atoms with Crippen molar-refractivity contribution >= 4 is 17.4 Å². The summed E-state index contributed by atoms with van der Waals surface area (Å²) in [6.07, 6.45) is 0.892. The van der Waals surface area contributed by atoms with Crippen molar-refractivity contribution < 1.29 is 24.2 Å². The zero-order valence-corrected chi connectivity index (χ0v) is 23.3. The number of amides is 1. The molecule has 2 heterocycles. The average Bonchev–Trinajstić information content (AvgIpc) is 3.15. The first-order chi connectivity index (χ1) is 18.1. The van der Waals surface area contributed by atoms with Gasteiger partial charge in [0.15, 0.2) is 0 Å². The van der Waals surface area contributed by atoms with Crippen LogP contribution in [0.15, 0.2) is 48.0 Å². The van der Waals surface area contributed by atoms with Crippen LogP contribution in [0.2, 0.25) is 0 Å². The Balaban J connectivity index is 1.74. The highest BCUT2D eigenvalue weighted by Crippen LogP contribution is 2.40. The Labute approximate surface area is 226 Å². The lowest BCUT2D eigenvalue weighted by Crippen LogP contribution is -2.42. The van der Waals surface area contributed by atoms with E-state index >= 15 is 0 Å². The maximum Gasteiger partial charge on any atom is 0.295 e. The van der Waals surface area contributed by atoms with Crippen LogP contribution in [0.1, 0.15) is 62.4 Å². The lowest BCUT2D eigenvalue weighted by molar-refractivity contribution is -0.140. The highest BCUT2D eigenvalue weighted by Gasteiger charge is 2.46. The molecule has 0 unspecified atom stereocenters. The summed E-state index contributed by atoms with van der Waals surface area (Å²) in [5, 5.41) is 11.5. The Morgan fingerprint density at radius 3 is 2.34 bits per heavy atom. The van der Waals surface area contributed by atoms with Crippen LogP contribution < -0.4 is 4.74 Å². The van der Waals surface area contributed by atoms with Crippen molar-refractivity contribution in [2.24, 2.45) is 0 Å². The van der Waals surface area contributed by atoms with Gasteiger partial charge in [-0.2, -0.15) is 0 Å². The van der Waals surface area contributed by atoms with E-state index in [0.29, 0.717) is 44.2 Å². The maximum absolute atomic E-state index is 13.4. The fourth-order valence-electron chi connectivity index (χ4n) is 5.05. The molecule has 0 saturated carbocycles. The minimum atomic E-state index is -0.666. The van der Waals surface area contributed by atoms with Crippen molar-refractivity contribution in [3.63, 3.8) is 0 Å². The summed E-state index contributed by atoms with van der Waals surface area (Å²) >= 11 is 0. The fraction of sp³-hybridized carbons (Fsp3) is 0.484. The van der Waals surface area contributed by atoms with Crippen molar-refractivity contribution in [2.45, 2.75) is 52.5 Å². The molecule has 1 N–H and O–H groups in total. The van der Waals surface area contributed by atoms with Crippen molar-refractivity contribution in [3.8, 4) is 5.75 Å². The number of nitrogens with zero attached hydrogens (tertiary/aromatic N) is 2. The van der Waals surface area contributed by atoms with E-state index in [1.54, 1.807) is 17.0 Å². The highest BCUT2D eigenvalue weighted by atomic mass is 16.5. The summed E-state index contributed by atoms with van der Waals surface area (Å²) < 4.78 is 11.2. The summed E-state index contributed by atoms with van der Waals surface area (Å²) in [7, 11) is 0. The number of benzene rings is 2. The maximum atomic E-state index is 13.4. The second kappa shape index (κ2) is 11.7. The molecule has 2 saturated heterocycles. The van der Waals surface area contributed by atoms with Crippen LogP contribution in [-0.4, -0.2) is 72.6 Å². The van der Waals surface area contributed by atoms with Crippen molar-refractivity contribution in [2.75, 3.05) is 46.0 Å². The number of ketones is 1. The second-order valence-electron chi connectivity index (χ2n) is 11.1. The third-order valence-corrected chi connectivity index (χ3v) is 7.32. The van der Waals surface area contributed by atoms with E-state index in [2.05, 4.69) is 25.7 Å². The molecule has 204 valence electrons. The Morgan fingerprint density at radius 1 is 1.05 bits per heavy atom. The topological polar surface area (TPSA) is 79.3 Å². The van der Waals surface area contributed by atoms with E-state index in [-0.39, 0.29) is 16.7 Å². The third kappa shape index (κ3) is 5.94. The molecule has 0 bridgehead atoms. The molecule has 2 fully saturated rings. The average molecular weight is 521 g/mol. The number of Topliss-reactive ketones (excluding diaryl/α,β-unsaturated/α-hetero) is 1. The van der Waals surface area contributed by atoms with Gasteiger partial charge in [-0.1, -0.05) is 52.0 Å². The van der Waals surface area contributed by atoms with Gasteiger partial charge in [0.1, 0.15) is 11.5 Å². The van der Waals surface area contributed by atoms with E-state index in [9.17, 15) is 14.7 Å². The monoisotopic (exact) mass is 520 g/mol. The van der Waals surface area contributed by atoms with Gasteiger partial charge in [0, 0.05) is 31.7 Å². The number of aryl methyl sites for hydroxylation is 1. The lowest BCUT2D eigenvalue weighted by Gasteiger charge is -2.31. The van der Waals surface area contributed by atoms with E-state index in [1.807, 2.05) is 44.2 Å². The zero-order valence-electron chi connectivity index (χ0n) is 23.3. The molecule has 2 aliphatic rings. The van der Waals surface area contributed by atoms with Gasteiger partial charge in [-0.15, -0.1) is 0 Å². The minimum Gasteiger partial charge on any atom is -0.507 e. The van der Waals surface area contributed by atoms with Gasteiger partial charge < -0.3 is 19.5 Å². The molecule has 4 rings (SSSR count). The molecule has 2 aromatic rings. The molecule has 7 heteroatoms. The van der Waals surface area contributed by atoms with E-state index in [0.717, 1.165) is 36.2 Å². The lowest BCUT2D eigenvalue weighted by atomic mass is 9.85. The molecule has 1 atom stereocenters. The van der Waals surface area contributed by atoms with Crippen LogP contribution in [0.25, 0.3) is 5.76 Å². The van der Waals surface area contributed by atoms with Gasteiger partial charge in [0.2, 0.25) is 0 Å². The third-order valence-electron chi connectivity index (χ3n) is 7.32. The molecular weight excluding hydrogens is 480 g/mol. The predicted molar refractivity (Wildman–Crippen MR) is 148 cm³/mol. The van der Waals surface area contributed by atoms with Gasteiger partial charge in [-0.3, -0.25) is 14.5 Å². The minimum absolute atomic E-state index is 0.0324. The molecule has 0 spiro atoms. The summed E-state index contributed by atoms with van der Waals surface area (Å²) in [5.41, 5.74) is 3.36. The summed E-state index contributed by atoms with van der Waals surface area (Å²) in [6.45, 7) is 14.9. The van der Waals surface area contributed by atoms with Gasteiger partial charge in [0.25, 0.3) is 11.7 Å².